The molecule has 0 saturated heterocycles. The minimum Gasteiger partial charge on any atom is -0.508 e. The average Bonchev–Trinajstić information content (AvgIpc) is 3.20. The zero-order valence-electron chi connectivity index (χ0n) is 32.0. The Bertz CT molecular complexity index is 2500. The number of benzene rings is 6. The number of rotatable bonds is 14. The summed E-state index contributed by atoms with van der Waals surface area (Å²) in [5.41, 5.74) is 0. The lowest BCUT2D eigenvalue weighted by Crippen LogP contribution is -2.40. The SMILES string of the molecule is CCC(C)(I)C(=O)Oc1c(Oc2ccc3c(OCC(I)(CC)C(=O)Oc4cc(O)cc5ccccc45)ccc(OC(=O)C(C)(I)CC)c3c2)ccc2ccccc12. The molecule has 0 amide bonds. The molecule has 6 rings (SSSR count). The number of carbonyl (C=O) groups is 3. The zero-order valence-corrected chi connectivity index (χ0v) is 38.5. The van der Waals surface area contributed by atoms with Crippen molar-refractivity contribution in [2.45, 2.75) is 64.1 Å². The van der Waals surface area contributed by atoms with E-state index < -0.39 is 28.2 Å². The van der Waals surface area contributed by atoms with Gasteiger partial charge in [0, 0.05) is 27.6 Å². The summed E-state index contributed by atoms with van der Waals surface area (Å²) in [6, 6.07) is 30.3. The van der Waals surface area contributed by atoms with Crippen LogP contribution in [-0.2, 0) is 14.4 Å². The topological polar surface area (TPSA) is 118 Å². The molecule has 0 aliphatic rings. The van der Waals surface area contributed by atoms with E-state index >= 15 is 0 Å². The summed E-state index contributed by atoms with van der Waals surface area (Å²) < 4.78 is 28.2. The van der Waals surface area contributed by atoms with Crippen LogP contribution in [-0.4, -0.2) is 39.9 Å². The van der Waals surface area contributed by atoms with Gasteiger partial charge in [0.1, 0.15) is 42.2 Å². The molecule has 3 atom stereocenters. The van der Waals surface area contributed by atoms with Crippen LogP contribution in [0.25, 0.3) is 32.3 Å². The number of ether oxygens (including phenoxy) is 5. The molecule has 6 aromatic carbocycles. The first kappa shape index (κ1) is 42.7. The number of carbonyl (C=O) groups excluding carboxylic acids is 3. The fourth-order valence-corrected chi connectivity index (χ4v) is 6.30. The number of hydrogen-bond acceptors (Lipinski definition) is 9. The second-order valence-electron chi connectivity index (χ2n) is 14.0. The van der Waals surface area contributed by atoms with Gasteiger partial charge < -0.3 is 28.8 Å². The highest BCUT2D eigenvalue weighted by atomic mass is 127. The van der Waals surface area contributed by atoms with E-state index in [1.54, 1.807) is 42.5 Å². The molecule has 6 aromatic rings. The lowest BCUT2D eigenvalue weighted by Gasteiger charge is -2.25. The van der Waals surface area contributed by atoms with Crippen LogP contribution in [0.2, 0.25) is 0 Å². The fourth-order valence-electron chi connectivity index (χ4n) is 5.81. The van der Waals surface area contributed by atoms with Crippen molar-refractivity contribution in [1.82, 2.24) is 0 Å². The first-order chi connectivity index (χ1) is 27.1. The molecule has 0 aliphatic heterocycles. The van der Waals surface area contributed by atoms with Crippen molar-refractivity contribution in [3.63, 3.8) is 0 Å². The molecule has 0 heterocycles. The first-order valence-corrected chi connectivity index (χ1v) is 21.7. The molecule has 296 valence electrons. The molecule has 3 unspecified atom stereocenters. The van der Waals surface area contributed by atoms with E-state index in [4.69, 9.17) is 23.7 Å². The van der Waals surface area contributed by atoms with Crippen molar-refractivity contribution < 1.29 is 43.2 Å². The van der Waals surface area contributed by atoms with E-state index in [-0.39, 0.29) is 18.1 Å². The van der Waals surface area contributed by atoms with E-state index in [1.807, 2.05) is 89.2 Å². The molecule has 57 heavy (non-hydrogen) atoms. The normalized spacial score (nSPS) is 14.6. The molecule has 0 aromatic heterocycles. The molecule has 12 heteroatoms. The molecular weight excluding hydrogens is 1070 g/mol. The van der Waals surface area contributed by atoms with Gasteiger partial charge in [-0.05, 0) is 86.3 Å². The van der Waals surface area contributed by atoms with Crippen LogP contribution in [0.5, 0.6) is 40.2 Å². The third kappa shape index (κ3) is 9.38. The van der Waals surface area contributed by atoms with Gasteiger partial charge >= 0.3 is 17.9 Å². The molecule has 9 nitrogen and oxygen atoms in total. The van der Waals surface area contributed by atoms with Crippen molar-refractivity contribution in [1.29, 1.82) is 0 Å². The smallest absolute Gasteiger partial charge is 0.330 e. The Balaban J connectivity index is 1.35. The maximum Gasteiger partial charge on any atom is 0.330 e. The van der Waals surface area contributed by atoms with Crippen molar-refractivity contribution in [2.24, 2.45) is 0 Å². The van der Waals surface area contributed by atoms with Gasteiger partial charge in [-0.25, -0.2) is 0 Å². The fraction of sp³-hybridized carbons (Fsp3) is 0.267. The molecule has 0 spiro atoms. The Labute approximate surface area is 372 Å². The van der Waals surface area contributed by atoms with Gasteiger partial charge in [0.25, 0.3) is 0 Å². The van der Waals surface area contributed by atoms with Crippen LogP contribution in [0.15, 0.2) is 103 Å². The average molecular weight is 1110 g/mol. The van der Waals surface area contributed by atoms with Crippen LogP contribution in [0, 0.1) is 0 Å². The van der Waals surface area contributed by atoms with E-state index in [0.29, 0.717) is 69.6 Å². The molecule has 0 aliphatic carbocycles. The first-order valence-electron chi connectivity index (χ1n) is 18.4. The second kappa shape index (κ2) is 17.5. The number of fused-ring (bicyclic) bond motifs is 3. The third-order valence-electron chi connectivity index (χ3n) is 9.95. The number of hydrogen-bond donors (Lipinski definition) is 1. The maximum atomic E-state index is 13.8. The summed E-state index contributed by atoms with van der Waals surface area (Å²) >= 11 is 6.26. The highest BCUT2D eigenvalue weighted by Gasteiger charge is 2.38. The standard InChI is InChI=1S/C45H41I3O9/c1-6-43(4,46)40(50)55-36-22-21-35(53-26-45(48,8-3)42(52)56-38-24-29(49)23-28-14-10-11-15-31(28)38)33-19-18-30(25-34(33)36)54-37-20-17-27-13-9-12-16-32(27)39(37)57-41(51)44(5,47)7-2/h9-25,49H,6-8,26H2,1-5H3. The lowest BCUT2D eigenvalue weighted by molar-refractivity contribution is -0.138. The largest absolute Gasteiger partial charge is 0.508 e. The summed E-state index contributed by atoms with van der Waals surface area (Å²) in [6.07, 6.45) is 1.51. The minimum absolute atomic E-state index is 0.0151. The van der Waals surface area contributed by atoms with Crippen molar-refractivity contribution >= 4 is 118 Å². The number of phenolic OH excluding ortho intramolecular Hbond substituents is 1. The molecule has 0 bridgehead atoms. The molecule has 0 fully saturated rings. The van der Waals surface area contributed by atoms with Gasteiger partial charge in [0.05, 0.1) is 0 Å². The molecular formula is C45H41I3O9. The Kier molecular flexibility index (Phi) is 13.1. The molecule has 0 radical (unpaired) electrons. The number of aromatic hydroxyl groups is 1. The quantitative estimate of drug-likeness (QED) is 0.0492. The molecule has 0 saturated carbocycles. The van der Waals surface area contributed by atoms with Crippen molar-refractivity contribution in [3.05, 3.63) is 103 Å². The van der Waals surface area contributed by atoms with Crippen LogP contribution in [0.3, 0.4) is 0 Å². The van der Waals surface area contributed by atoms with Gasteiger partial charge in [0.2, 0.25) is 0 Å². The third-order valence-corrected chi connectivity index (χ3v) is 13.9. The van der Waals surface area contributed by atoms with Crippen LogP contribution in [0.1, 0.15) is 53.9 Å². The van der Waals surface area contributed by atoms with Crippen molar-refractivity contribution in [2.75, 3.05) is 6.61 Å². The highest BCUT2D eigenvalue weighted by molar-refractivity contribution is 14.1. The van der Waals surface area contributed by atoms with Gasteiger partial charge in [-0.3, -0.25) is 14.4 Å². The van der Waals surface area contributed by atoms with E-state index in [9.17, 15) is 19.5 Å². The van der Waals surface area contributed by atoms with Crippen LogP contribution < -0.4 is 23.7 Å². The Morgan fingerprint density at radius 3 is 1.84 bits per heavy atom. The predicted octanol–water partition coefficient (Wildman–Crippen LogP) is 12.2. The van der Waals surface area contributed by atoms with Gasteiger partial charge in [-0.15, -0.1) is 0 Å². The molecule has 1 N–H and O–H groups in total. The number of halogens is 3. The van der Waals surface area contributed by atoms with Crippen molar-refractivity contribution in [3.8, 4) is 40.2 Å². The Morgan fingerprint density at radius 1 is 0.561 bits per heavy atom. The summed E-state index contributed by atoms with van der Waals surface area (Å²) in [6.45, 7) is 9.32. The van der Waals surface area contributed by atoms with Gasteiger partial charge in [-0.1, -0.05) is 143 Å². The van der Waals surface area contributed by atoms with Crippen LogP contribution >= 0.6 is 67.8 Å². The Morgan fingerprint density at radius 2 is 1.16 bits per heavy atom. The van der Waals surface area contributed by atoms with E-state index in [2.05, 4.69) is 67.8 Å². The summed E-state index contributed by atoms with van der Waals surface area (Å²) in [4.78, 5) is 40.5. The number of esters is 3. The predicted molar refractivity (Wildman–Crippen MR) is 248 cm³/mol. The van der Waals surface area contributed by atoms with Gasteiger partial charge in [0.15, 0.2) is 14.9 Å². The van der Waals surface area contributed by atoms with Gasteiger partial charge in [-0.2, -0.15) is 0 Å². The van der Waals surface area contributed by atoms with E-state index in [0.717, 1.165) is 10.8 Å². The summed E-state index contributed by atoms with van der Waals surface area (Å²) in [7, 11) is 0. The lowest BCUT2D eigenvalue weighted by atomic mass is 10.1. The monoisotopic (exact) mass is 1110 g/mol. The maximum absolute atomic E-state index is 13.8. The van der Waals surface area contributed by atoms with Crippen LogP contribution in [0.4, 0.5) is 0 Å². The summed E-state index contributed by atoms with van der Waals surface area (Å²) in [5, 5.41) is 14.5. The Hall–Kier alpha value is -3.90. The minimum atomic E-state index is -1.11. The number of phenols is 1. The zero-order chi connectivity index (χ0) is 41.1. The second-order valence-corrected chi connectivity index (χ2v) is 20.9. The summed E-state index contributed by atoms with van der Waals surface area (Å²) in [5.74, 6) is 0.664. The highest BCUT2D eigenvalue weighted by Crippen LogP contribution is 2.43. The van der Waals surface area contributed by atoms with E-state index in [1.165, 1.54) is 6.07 Å². The number of alkyl halides is 3.